The number of unbranched alkanes of at least 4 members (excludes halogenated alkanes) is 3. The van der Waals surface area contributed by atoms with Gasteiger partial charge < -0.3 is 15.4 Å². The molecule has 0 spiro atoms. The lowest BCUT2D eigenvalue weighted by molar-refractivity contribution is -0.137. The summed E-state index contributed by atoms with van der Waals surface area (Å²) in [5.41, 5.74) is 0.221. The first kappa shape index (κ1) is 27.3. The third-order valence-electron chi connectivity index (χ3n) is 5.29. The molecule has 5 nitrogen and oxygen atoms in total. The Hall–Kier alpha value is -3.33. The van der Waals surface area contributed by atoms with Crippen molar-refractivity contribution >= 4 is 39.1 Å². The lowest BCUT2D eigenvalue weighted by atomic mass is 10.1. The first-order valence-corrected chi connectivity index (χ1v) is 12.3. The van der Waals surface area contributed by atoms with E-state index in [9.17, 15) is 22.8 Å². The molecule has 9 heteroatoms. The van der Waals surface area contributed by atoms with E-state index in [2.05, 4.69) is 33.5 Å². The largest absolute Gasteiger partial charge is 0.493 e. The fourth-order valence-electron chi connectivity index (χ4n) is 3.40. The van der Waals surface area contributed by atoms with Crippen LogP contribution in [-0.4, -0.2) is 18.4 Å². The van der Waals surface area contributed by atoms with E-state index < -0.39 is 17.6 Å². The lowest BCUT2D eigenvalue weighted by Crippen LogP contribution is -2.15. The zero-order valence-corrected chi connectivity index (χ0v) is 21.2. The number of amides is 2. The van der Waals surface area contributed by atoms with Gasteiger partial charge >= 0.3 is 6.18 Å². The van der Waals surface area contributed by atoms with Crippen LogP contribution in [0.15, 0.2) is 71.2 Å². The fourth-order valence-corrected chi connectivity index (χ4v) is 3.76. The van der Waals surface area contributed by atoms with E-state index in [1.807, 2.05) is 0 Å². The summed E-state index contributed by atoms with van der Waals surface area (Å²) in [6, 6.07) is 15.7. The monoisotopic (exact) mass is 562 g/mol. The molecular formula is C27H26BrF3N2O3. The summed E-state index contributed by atoms with van der Waals surface area (Å²) >= 11 is 3.38. The summed E-state index contributed by atoms with van der Waals surface area (Å²) in [4.78, 5) is 25.4. The molecule has 2 amide bonds. The first-order valence-electron chi connectivity index (χ1n) is 11.5. The second-order valence-electron chi connectivity index (χ2n) is 8.11. The van der Waals surface area contributed by atoms with E-state index in [-0.39, 0.29) is 17.2 Å². The molecule has 0 radical (unpaired) electrons. The van der Waals surface area contributed by atoms with Crippen molar-refractivity contribution in [3.8, 4) is 5.75 Å². The van der Waals surface area contributed by atoms with Gasteiger partial charge in [-0.1, -0.05) is 48.2 Å². The maximum absolute atomic E-state index is 12.9. The van der Waals surface area contributed by atoms with Crippen LogP contribution in [0.4, 0.5) is 24.5 Å². The van der Waals surface area contributed by atoms with Gasteiger partial charge in [0.1, 0.15) is 5.75 Å². The molecular weight excluding hydrogens is 537 g/mol. The Labute approximate surface area is 216 Å². The smallest absolute Gasteiger partial charge is 0.416 e. The topological polar surface area (TPSA) is 67.4 Å². The number of rotatable bonds is 10. The molecule has 0 heterocycles. The molecule has 0 saturated heterocycles. The molecule has 0 unspecified atom stereocenters. The molecule has 0 saturated carbocycles. The van der Waals surface area contributed by atoms with Gasteiger partial charge in [0.15, 0.2) is 0 Å². The van der Waals surface area contributed by atoms with Gasteiger partial charge in [0.25, 0.3) is 11.8 Å². The molecule has 2 N–H and O–H groups in total. The molecule has 0 aliphatic heterocycles. The number of halogens is 4. The second kappa shape index (κ2) is 12.6. The predicted molar refractivity (Wildman–Crippen MR) is 138 cm³/mol. The highest BCUT2D eigenvalue weighted by molar-refractivity contribution is 9.10. The highest BCUT2D eigenvalue weighted by atomic mass is 79.9. The van der Waals surface area contributed by atoms with Gasteiger partial charge in [0, 0.05) is 21.4 Å². The van der Waals surface area contributed by atoms with Gasteiger partial charge in [-0.2, -0.15) is 13.2 Å². The third kappa shape index (κ3) is 7.84. The molecule has 0 aliphatic rings. The minimum absolute atomic E-state index is 0.0316. The van der Waals surface area contributed by atoms with Gasteiger partial charge in [-0.3, -0.25) is 9.59 Å². The Morgan fingerprint density at radius 3 is 2.28 bits per heavy atom. The van der Waals surface area contributed by atoms with Crippen LogP contribution in [0.1, 0.15) is 58.9 Å². The molecule has 3 aromatic carbocycles. The number of hydrogen-bond acceptors (Lipinski definition) is 3. The van der Waals surface area contributed by atoms with Crippen LogP contribution in [0.2, 0.25) is 0 Å². The number of carbonyl (C=O) groups excluding carboxylic acids is 2. The van der Waals surface area contributed by atoms with Crippen LogP contribution in [0.3, 0.4) is 0 Å². The summed E-state index contributed by atoms with van der Waals surface area (Å²) in [6.45, 7) is 2.64. The Morgan fingerprint density at radius 2 is 1.58 bits per heavy atom. The maximum Gasteiger partial charge on any atom is 0.416 e. The summed E-state index contributed by atoms with van der Waals surface area (Å²) in [7, 11) is 0. The summed E-state index contributed by atoms with van der Waals surface area (Å²) in [6.07, 6.45) is -0.297. The van der Waals surface area contributed by atoms with E-state index in [1.165, 1.54) is 24.3 Å². The standard InChI is InChI=1S/C27H26BrF3N2O3/c1-2-3-4-5-15-36-24-14-11-20(28)17-23(24)26(35)32-21-12-9-18(10-13-21)25(34)33-22-8-6-7-19(16-22)27(29,30)31/h6-14,16-17H,2-5,15H2,1H3,(H,32,35)(H,33,34). The predicted octanol–water partition coefficient (Wildman–Crippen LogP) is 7.93. The van der Waals surface area contributed by atoms with Crippen molar-refractivity contribution in [3.63, 3.8) is 0 Å². The zero-order valence-electron chi connectivity index (χ0n) is 19.6. The summed E-state index contributed by atoms with van der Waals surface area (Å²) in [5.74, 6) is -0.469. The van der Waals surface area contributed by atoms with E-state index in [0.29, 0.717) is 23.6 Å². The van der Waals surface area contributed by atoms with E-state index in [0.717, 1.165) is 42.3 Å². The second-order valence-corrected chi connectivity index (χ2v) is 9.03. The van der Waals surface area contributed by atoms with Crippen molar-refractivity contribution in [2.75, 3.05) is 17.2 Å². The minimum atomic E-state index is -4.51. The Balaban J connectivity index is 1.64. The van der Waals surface area contributed by atoms with Crippen molar-refractivity contribution in [3.05, 3.63) is 87.9 Å². The quantitative estimate of drug-likeness (QED) is 0.246. The van der Waals surface area contributed by atoms with Crippen LogP contribution >= 0.6 is 15.9 Å². The van der Waals surface area contributed by atoms with Gasteiger partial charge in [0.05, 0.1) is 17.7 Å². The average molecular weight is 563 g/mol. The average Bonchev–Trinajstić information content (AvgIpc) is 2.84. The lowest BCUT2D eigenvalue weighted by Gasteiger charge is -2.13. The highest BCUT2D eigenvalue weighted by Crippen LogP contribution is 2.31. The number of hydrogen-bond donors (Lipinski definition) is 2. The zero-order chi connectivity index (χ0) is 26.1. The van der Waals surface area contributed by atoms with E-state index >= 15 is 0 Å². The first-order chi connectivity index (χ1) is 17.2. The van der Waals surface area contributed by atoms with Crippen LogP contribution < -0.4 is 15.4 Å². The van der Waals surface area contributed by atoms with Gasteiger partial charge in [-0.25, -0.2) is 0 Å². The number of nitrogens with one attached hydrogen (secondary N) is 2. The van der Waals surface area contributed by atoms with Crippen molar-refractivity contribution < 1.29 is 27.5 Å². The van der Waals surface area contributed by atoms with Crippen molar-refractivity contribution in [1.29, 1.82) is 0 Å². The highest BCUT2D eigenvalue weighted by Gasteiger charge is 2.30. The molecule has 36 heavy (non-hydrogen) atoms. The molecule has 0 aliphatic carbocycles. The number of carbonyl (C=O) groups is 2. The van der Waals surface area contributed by atoms with Crippen LogP contribution in [0.5, 0.6) is 5.75 Å². The van der Waals surface area contributed by atoms with Crippen molar-refractivity contribution in [2.45, 2.75) is 38.8 Å². The fraction of sp³-hybridized carbons (Fsp3) is 0.259. The number of alkyl halides is 3. The maximum atomic E-state index is 12.9. The third-order valence-corrected chi connectivity index (χ3v) is 5.79. The minimum Gasteiger partial charge on any atom is -0.493 e. The summed E-state index contributed by atoms with van der Waals surface area (Å²) in [5, 5.41) is 5.23. The molecule has 0 aromatic heterocycles. The number of anilines is 2. The van der Waals surface area contributed by atoms with Crippen LogP contribution in [0, 0.1) is 0 Å². The van der Waals surface area contributed by atoms with Gasteiger partial charge in [-0.15, -0.1) is 0 Å². The van der Waals surface area contributed by atoms with Crippen molar-refractivity contribution in [2.24, 2.45) is 0 Å². The van der Waals surface area contributed by atoms with Gasteiger partial charge in [0.2, 0.25) is 0 Å². The molecule has 0 fully saturated rings. The number of benzene rings is 3. The normalized spacial score (nSPS) is 11.1. The van der Waals surface area contributed by atoms with Crippen molar-refractivity contribution in [1.82, 2.24) is 0 Å². The van der Waals surface area contributed by atoms with Crippen LogP contribution in [0.25, 0.3) is 0 Å². The molecule has 3 rings (SSSR count). The summed E-state index contributed by atoms with van der Waals surface area (Å²) < 4.78 is 45.2. The Bertz CT molecular complexity index is 1200. The SMILES string of the molecule is CCCCCCOc1ccc(Br)cc1C(=O)Nc1ccc(C(=O)Nc2cccc(C(F)(F)F)c2)cc1. The molecule has 0 atom stereocenters. The van der Waals surface area contributed by atoms with E-state index in [4.69, 9.17) is 4.74 Å². The van der Waals surface area contributed by atoms with E-state index in [1.54, 1.807) is 30.3 Å². The Kier molecular flexibility index (Phi) is 9.52. The number of ether oxygens (including phenoxy) is 1. The van der Waals surface area contributed by atoms with Crippen LogP contribution in [-0.2, 0) is 6.18 Å². The Morgan fingerprint density at radius 1 is 0.861 bits per heavy atom. The molecule has 3 aromatic rings. The van der Waals surface area contributed by atoms with Gasteiger partial charge in [-0.05, 0) is 67.1 Å². The molecule has 0 bridgehead atoms. The molecule has 190 valence electrons.